The molecule has 2 nitrogen and oxygen atoms in total. The van der Waals surface area contributed by atoms with Crippen molar-refractivity contribution in [3.8, 4) is 55.6 Å². The van der Waals surface area contributed by atoms with Crippen LogP contribution < -0.4 is 4.90 Å². The Kier molecular flexibility index (Phi) is 8.78. The summed E-state index contributed by atoms with van der Waals surface area (Å²) in [5, 5.41) is 4.90. The number of furan rings is 1. The van der Waals surface area contributed by atoms with Gasteiger partial charge in [0.05, 0.1) is 0 Å². The zero-order valence-electron chi connectivity index (χ0n) is 36.6. The summed E-state index contributed by atoms with van der Waals surface area (Å²) in [6.45, 7) is 4.72. The van der Waals surface area contributed by atoms with Gasteiger partial charge < -0.3 is 9.32 Å². The Balaban J connectivity index is 0.911. The van der Waals surface area contributed by atoms with Crippen molar-refractivity contribution in [3.63, 3.8) is 0 Å². The van der Waals surface area contributed by atoms with E-state index in [1.165, 1.54) is 75.8 Å². The minimum absolute atomic E-state index is 0.108. The molecular formula is C63H43NOS. The quantitative estimate of drug-likeness (QED) is 0.159. The fourth-order valence-electron chi connectivity index (χ4n) is 10.6. The summed E-state index contributed by atoms with van der Waals surface area (Å²) in [6, 6.07) is 82.1. The summed E-state index contributed by atoms with van der Waals surface area (Å²) in [6.07, 6.45) is 0. The maximum absolute atomic E-state index is 6.47. The molecule has 312 valence electrons. The van der Waals surface area contributed by atoms with Gasteiger partial charge in [-0.25, -0.2) is 0 Å². The number of hydrogen-bond acceptors (Lipinski definition) is 3. The summed E-state index contributed by atoms with van der Waals surface area (Å²) in [5.41, 5.74) is 19.9. The van der Waals surface area contributed by atoms with E-state index < -0.39 is 0 Å². The second-order valence-electron chi connectivity index (χ2n) is 18.0. The zero-order chi connectivity index (χ0) is 43.9. The largest absolute Gasteiger partial charge is 0.455 e. The van der Waals surface area contributed by atoms with Crippen molar-refractivity contribution < 1.29 is 4.42 Å². The second-order valence-corrected chi connectivity index (χ2v) is 19.1. The van der Waals surface area contributed by atoms with Crippen molar-refractivity contribution in [2.75, 3.05) is 4.90 Å². The monoisotopic (exact) mass is 861 g/mol. The molecule has 1 aliphatic rings. The van der Waals surface area contributed by atoms with Crippen molar-refractivity contribution >= 4 is 70.5 Å². The van der Waals surface area contributed by atoms with E-state index >= 15 is 0 Å². The van der Waals surface area contributed by atoms with Gasteiger partial charge in [-0.3, -0.25) is 0 Å². The molecule has 0 radical (unpaired) electrons. The average molecular weight is 862 g/mol. The Morgan fingerprint density at radius 3 is 1.77 bits per heavy atom. The van der Waals surface area contributed by atoms with Gasteiger partial charge in [0, 0.05) is 59.0 Å². The SMILES string of the molecule is CC1(C)c2ccc(-c3cccc(N(c4ccc(-c5cccc6c5oc5ccccc56)cc4)c4ccc(-c5cccc6sc7ccccc7c56)cc4)c3)cc2-c2ccc(-c3ccccc3)cc21. The van der Waals surface area contributed by atoms with Gasteiger partial charge in [-0.2, -0.15) is 0 Å². The van der Waals surface area contributed by atoms with E-state index in [1.807, 2.05) is 23.5 Å². The Morgan fingerprint density at radius 1 is 0.364 bits per heavy atom. The highest BCUT2D eigenvalue weighted by atomic mass is 32.1. The van der Waals surface area contributed by atoms with E-state index in [9.17, 15) is 0 Å². The third kappa shape index (κ3) is 6.15. The number of rotatable bonds is 7. The zero-order valence-corrected chi connectivity index (χ0v) is 37.4. The standard InChI is InChI=1S/C63H43NOS/c1-63(2)56-36-30-44(38-55(56)51-35-29-45(39-57(51)63)40-13-4-3-5-14-40)43-15-10-16-48(37-43)64(46-31-25-41(26-32-46)49-19-12-24-60-61(49)54-18-7-9-23-59(54)66-60)47-33-27-42(28-34-47)50-20-11-21-53-52-17-6-8-22-58(52)65-62(50)53/h3-39H,1-2H3. The summed E-state index contributed by atoms with van der Waals surface area (Å²) in [4.78, 5) is 2.39. The topological polar surface area (TPSA) is 16.4 Å². The van der Waals surface area contributed by atoms with Crippen LogP contribution in [0.2, 0.25) is 0 Å². The highest BCUT2D eigenvalue weighted by Gasteiger charge is 2.36. The highest BCUT2D eigenvalue weighted by molar-refractivity contribution is 7.25. The average Bonchev–Trinajstić information content (AvgIpc) is 4.02. The maximum Gasteiger partial charge on any atom is 0.143 e. The predicted molar refractivity (Wildman–Crippen MR) is 281 cm³/mol. The van der Waals surface area contributed by atoms with E-state index in [0.717, 1.165) is 50.1 Å². The molecule has 0 saturated carbocycles. The summed E-state index contributed by atoms with van der Waals surface area (Å²) >= 11 is 1.86. The summed E-state index contributed by atoms with van der Waals surface area (Å²) < 4.78 is 9.10. The summed E-state index contributed by atoms with van der Waals surface area (Å²) in [5.74, 6) is 0. The Hall–Kier alpha value is -7.98. The van der Waals surface area contributed by atoms with Gasteiger partial charge in [0.1, 0.15) is 11.2 Å². The van der Waals surface area contributed by atoms with Crippen LogP contribution in [0.4, 0.5) is 17.1 Å². The number of nitrogens with zero attached hydrogens (tertiary/aromatic N) is 1. The van der Waals surface area contributed by atoms with Crippen LogP contribution in [-0.2, 0) is 5.41 Å². The first-order valence-electron chi connectivity index (χ1n) is 22.7. The molecule has 66 heavy (non-hydrogen) atoms. The van der Waals surface area contributed by atoms with Crippen molar-refractivity contribution in [3.05, 3.63) is 236 Å². The van der Waals surface area contributed by atoms with Crippen molar-refractivity contribution in [1.29, 1.82) is 0 Å². The molecule has 0 spiro atoms. The van der Waals surface area contributed by atoms with Crippen LogP contribution in [0.3, 0.4) is 0 Å². The van der Waals surface area contributed by atoms with Gasteiger partial charge in [-0.1, -0.05) is 172 Å². The predicted octanol–water partition coefficient (Wildman–Crippen LogP) is 18.4. The molecule has 0 saturated heterocycles. The van der Waals surface area contributed by atoms with E-state index in [0.29, 0.717) is 0 Å². The molecule has 12 aromatic rings. The fourth-order valence-corrected chi connectivity index (χ4v) is 11.7. The molecule has 0 fully saturated rings. The fraction of sp³-hybridized carbons (Fsp3) is 0.0476. The van der Waals surface area contributed by atoms with Crippen LogP contribution >= 0.6 is 11.3 Å². The first-order valence-corrected chi connectivity index (χ1v) is 23.5. The van der Waals surface area contributed by atoms with Crippen molar-refractivity contribution in [2.24, 2.45) is 0 Å². The van der Waals surface area contributed by atoms with Crippen LogP contribution in [0.15, 0.2) is 229 Å². The van der Waals surface area contributed by atoms with Gasteiger partial charge >= 0.3 is 0 Å². The molecule has 3 heteroatoms. The third-order valence-corrected chi connectivity index (χ3v) is 15.0. The number of benzene rings is 10. The Bertz CT molecular complexity index is 3840. The number of anilines is 3. The maximum atomic E-state index is 6.47. The van der Waals surface area contributed by atoms with Crippen LogP contribution in [0.5, 0.6) is 0 Å². The van der Waals surface area contributed by atoms with E-state index in [1.54, 1.807) is 0 Å². The van der Waals surface area contributed by atoms with Crippen LogP contribution in [0, 0.1) is 0 Å². The summed E-state index contributed by atoms with van der Waals surface area (Å²) in [7, 11) is 0. The van der Waals surface area contributed by atoms with Crippen LogP contribution in [0.1, 0.15) is 25.0 Å². The molecule has 0 N–H and O–H groups in total. The van der Waals surface area contributed by atoms with Crippen molar-refractivity contribution in [2.45, 2.75) is 19.3 Å². The lowest BCUT2D eigenvalue weighted by atomic mass is 9.81. The second kappa shape index (κ2) is 15.1. The Labute approximate surface area is 388 Å². The lowest BCUT2D eigenvalue weighted by Crippen LogP contribution is -2.15. The molecule has 0 atom stereocenters. The number of thiophene rings is 1. The van der Waals surface area contributed by atoms with Crippen LogP contribution in [-0.4, -0.2) is 0 Å². The van der Waals surface area contributed by atoms with E-state index in [2.05, 4.69) is 231 Å². The van der Waals surface area contributed by atoms with Crippen LogP contribution in [0.25, 0.3) is 97.7 Å². The van der Waals surface area contributed by atoms with Gasteiger partial charge in [0.2, 0.25) is 0 Å². The number of para-hydroxylation sites is 2. The number of fused-ring (bicyclic) bond motifs is 9. The van der Waals surface area contributed by atoms with E-state index in [4.69, 9.17) is 4.42 Å². The molecule has 0 unspecified atom stereocenters. The molecule has 0 bridgehead atoms. The van der Waals surface area contributed by atoms with Gasteiger partial charge in [-0.05, 0) is 128 Å². The van der Waals surface area contributed by atoms with Gasteiger partial charge in [-0.15, -0.1) is 11.3 Å². The third-order valence-electron chi connectivity index (χ3n) is 13.9. The molecule has 10 aromatic carbocycles. The smallest absolute Gasteiger partial charge is 0.143 e. The Morgan fingerprint density at radius 2 is 0.955 bits per heavy atom. The lowest BCUT2D eigenvalue weighted by molar-refractivity contribution is 0.660. The lowest BCUT2D eigenvalue weighted by Gasteiger charge is -2.26. The minimum Gasteiger partial charge on any atom is -0.455 e. The van der Waals surface area contributed by atoms with Gasteiger partial charge in [0.25, 0.3) is 0 Å². The molecule has 0 aliphatic heterocycles. The highest BCUT2D eigenvalue weighted by Crippen LogP contribution is 2.51. The molecule has 1 aliphatic carbocycles. The molecule has 2 aromatic heterocycles. The minimum atomic E-state index is -0.108. The molecular weight excluding hydrogens is 819 g/mol. The first-order chi connectivity index (χ1) is 32.5. The molecule has 0 amide bonds. The first kappa shape index (κ1) is 38.5. The van der Waals surface area contributed by atoms with Crippen molar-refractivity contribution in [1.82, 2.24) is 0 Å². The molecule has 13 rings (SSSR count). The van der Waals surface area contributed by atoms with E-state index in [-0.39, 0.29) is 5.41 Å². The number of hydrogen-bond donors (Lipinski definition) is 0. The normalized spacial score (nSPS) is 12.8. The van der Waals surface area contributed by atoms with Gasteiger partial charge in [0.15, 0.2) is 0 Å². The molecule has 2 heterocycles.